The molecule has 1 amide bonds. The number of methoxy groups -OCH3 is 1. The molecule has 0 unspecified atom stereocenters. The maximum atomic E-state index is 13.4. The van der Waals surface area contributed by atoms with E-state index in [1.54, 1.807) is 30.3 Å². The number of nitrogens with zero attached hydrogens (tertiary/aromatic N) is 3. The number of ether oxygens (including phenoxy) is 1. The summed E-state index contributed by atoms with van der Waals surface area (Å²) < 4.78 is 4.98. The number of aryl methyl sites for hydroxylation is 1. The fourth-order valence-electron chi connectivity index (χ4n) is 3.35. The van der Waals surface area contributed by atoms with Gasteiger partial charge in [0.1, 0.15) is 5.69 Å². The van der Waals surface area contributed by atoms with Gasteiger partial charge in [-0.1, -0.05) is 35.9 Å². The highest BCUT2D eigenvalue weighted by Crippen LogP contribution is 2.27. The molecule has 1 aromatic heterocycles. The minimum Gasteiger partial charge on any atom is -0.383 e. The van der Waals surface area contributed by atoms with E-state index in [-0.39, 0.29) is 23.7 Å². The van der Waals surface area contributed by atoms with Gasteiger partial charge in [-0.05, 0) is 36.8 Å². The molecule has 0 saturated carbocycles. The Morgan fingerprint density at radius 3 is 2.66 bits per heavy atom. The van der Waals surface area contributed by atoms with E-state index in [2.05, 4.69) is 10.3 Å². The number of hydrogen-bond donors (Lipinski definition) is 1. The first kappa shape index (κ1) is 22.9. The second-order valence-corrected chi connectivity index (χ2v) is 7.38. The van der Waals surface area contributed by atoms with E-state index < -0.39 is 4.92 Å². The van der Waals surface area contributed by atoms with E-state index in [0.717, 1.165) is 16.8 Å². The van der Waals surface area contributed by atoms with Crippen molar-refractivity contribution in [2.75, 3.05) is 25.6 Å². The first-order valence-corrected chi connectivity index (χ1v) is 10.2. The third-order valence-electron chi connectivity index (χ3n) is 4.89. The molecule has 0 aliphatic carbocycles. The second kappa shape index (κ2) is 11.0. The van der Waals surface area contributed by atoms with E-state index in [1.807, 2.05) is 49.4 Å². The number of hydrogen-bond acceptors (Lipinski definition) is 6. The minimum atomic E-state index is -0.491. The fourth-order valence-corrected chi connectivity index (χ4v) is 3.35. The predicted octanol–water partition coefficient (Wildman–Crippen LogP) is 4.20. The van der Waals surface area contributed by atoms with Crippen LogP contribution in [-0.2, 0) is 17.8 Å². The van der Waals surface area contributed by atoms with Gasteiger partial charge in [0.05, 0.1) is 23.8 Å². The first-order chi connectivity index (χ1) is 15.5. The zero-order chi connectivity index (χ0) is 22.9. The van der Waals surface area contributed by atoms with E-state index in [9.17, 15) is 14.9 Å². The van der Waals surface area contributed by atoms with E-state index >= 15 is 0 Å². The number of carbonyl (C=O) groups excluding carboxylic acids is 1. The maximum Gasteiger partial charge on any atom is 0.293 e. The molecule has 2 aromatic carbocycles. The molecule has 0 fully saturated rings. The number of pyridine rings is 1. The second-order valence-electron chi connectivity index (χ2n) is 7.38. The fraction of sp³-hybridized carbons (Fsp3) is 0.250. The molecule has 1 heterocycles. The highest BCUT2D eigenvalue weighted by atomic mass is 16.6. The van der Waals surface area contributed by atoms with E-state index in [4.69, 9.17) is 4.74 Å². The van der Waals surface area contributed by atoms with Crippen LogP contribution in [0, 0.1) is 17.0 Å². The lowest BCUT2D eigenvalue weighted by molar-refractivity contribution is -0.384. The molecule has 3 rings (SSSR count). The van der Waals surface area contributed by atoms with Gasteiger partial charge in [-0.25, -0.2) is 0 Å². The summed E-state index contributed by atoms with van der Waals surface area (Å²) in [7, 11) is 1.56. The lowest BCUT2D eigenvalue weighted by Gasteiger charge is -2.23. The van der Waals surface area contributed by atoms with Crippen LogP contribution in [0.2, 0.25) is 0 Å². The van der Waals surface area contributed by atoms with Crippen molar-refractivity contribution in [3.8, 4) is 0 Å². The van der Waals surface area contributed by atoms with Gasteiger partial charge < -0.3 is 15.0 Å². The zero-order valence-electron chi connectivity index (χ0n) is 18.2. The van der Waals surface area contributed by atoms with Crippen LogP contribution in [0.3, 0.4) is 0 Å². The van der Waals surface area contributed by atoms with Crippen LogP contribution in [0.25, 0.3) is 0 Å². The molecule has 3 aromatic rings. The van der Waals surface area contributed by atoms with Gasteiger partial charge in [-0.15, -0.1) is 0 Å². The number of carbonyl (C=O) groups is 1. The van der Waals surface area contributed by atoms with Crippen molar-refractivity contribution in [2.45, 2.75) is 20.0 Å². The maximum absolute atomic E-state index is 13.4. The van der Waals surface area contributed by atoms with Crippen LogP contribution < -0.4 is 5.32 Å². The average Bonchev–Trinajstić information content (AvgIpc) is 2.79. The van der Waals surface area contributed by atoms with Crippen LogP contribution in [-0.4, -0.2) is 41.0 Å². The standard InChI is InChI=1S/C24H26N4O4/c1-18-6-5-7-19(14-18)16-27(17-21-8-3-4-11-25-21)24(29)20-9-10-22(26-12-13-32-2)23(15-20)28(30)31/h3-11,14-15,26H,12-13,16-17H2,1-2H3. The van der Waals surface area contributed by atoms with Crippen LogP contribution in [0.5, 0.6) is 0 Å². The van der Waals surface area contributed by atoms with Gasteiger partial charge >= 0.3 is 0 Å². The number of nitrogens with one attached hydrogen (secondary N) is 1. The zero-order valence-corrected chi connectivity index (χ0v) is 18.2. The molecule has 166 valence electrons. The number of amides is 1. The van der Waals surface area contributed by atoms with Gasteiger partial charge in [-0.3, -0.25) is 19.9 Å². The van der Waals surface area contributed by atoms with Gasteiger partial charge in [0.2, 0.25) is 0 Å². The Labute approximate surface area is 187 Å². The van der Waals surface area contributed by atoms with Crippen molar-refractivity contribution in [3.05, 3.63) is 99.4 Å². The number of nitro groups is 1. The summed E-state index contributed by atoms with van der Waals surface area (Å²) in [6.45, 7) is 3.47. The molecule has 0 saturated heterocycles. The summed E-state index contributed by atoms with van der Waals surface area (Å²) >= 11 is 0. The Kier molecular flexibility index (Phi) is 7.88. The van der Waals surface area contributed by atoms with Crippen LogP contribution in [0.15, 0.2) is 66.9 Å². The molecule has 0 spiro atoms. The number of aromatic nitrogens is 1. The summed E-state index contributed by atoms with van der Waals surface area (Å²) in [6, 6.07) is 17.9. The summed E-state index contributed by atoms with van der Waals surface area (Å²) in [5.74, 6) is -0.302. The lowest BCUT2D eigenvalue weighted by atomic mass is 10.1. The number of nitro benzene ring substituents is 1. The van der Waals surface area contributed by atoms with Crippen molar-refractivity contribution in [3.63, 3.8) is 0 Å². The lowest BCUT2D eigenvalue weighted by Crippen LogP contribution is -2.30. The predicted molar refractivity (Wildman–Crippen MR) is 122 cm³/mol. The van der Waals surface area contributed by atoms with Gasteiger partial charge in [-0.2, -0.15) is 0 Å². The molecule has 0 aliphatic heterocycles. The van der Waals surface area contributed by atoms with Gasteiger partial charge in [0.15, 0.2) is 0 Å². The third-order valence-corrected chi connectivity index (χ3v) is 4.89. The third kappa shape index (κ3) is 6.12. The molecule has 0 atom stereocenters. The molecule has 32 heavy (non-hydrogen) atoms. The van der Waals surface area contributed by atoms with E-state index in [1.165, 1.54) is 6.07 Å². The minimum absolute atomic E-state index is 0.153. The quantitative estimate of drug-likeness (QED) is 0.292. The smallest absolute Gasteiger partial charge is 0.293 e. The molecular weight excluding hydrogens is 408 g/mol. The molecular formula is C24H26N4O4. The Balaban J connectivity index is 1.90. The van der Waals surface area contributed by atoms with Crippen LogP contribution in [0.4, 0.5) is 11.4 Å². The molecule has 1 N–H and O–H groups in total. The van der Waals surface area contributed by atoms with Crippen LogP contribution >= 0.6 is 0 Å². The summed E-state index contributed by atoms with van der Waals surface area (Å²) in [4.78, 5) is 30.5. The highest BCUT2D eigenvalue weighted by molar-refractivity contribution is 5.95. The molecule has 8 heteroatoms. The molecule has 0 radical (unpaired) electrons. The monoisotopic (exact) mass is 434 g/mol. The normalized spacial score (nSPS) is 10.6. The Hall–Kier alpha value is -3.78. The average molecular weight is 434 g/mol. The summed E-state index contributed by atoms with van der Waals surface area (Å²) in [5.41, 5.74) is 3.24. The largest absolute Gasteiger partial charge is 0.383 e. The van der Waals surface area contributed by atoms with Crippen molar-refractivity contribution < 1.29 is 14.5 Å². The summed E-state index contributed by atoms with van der Waals surface area (Å²) in [6.07, 6.45) is 1.68. The first-order valence-electron chi connectivity index (χ1n) is 10.2. The van der Waals surface area contributed by atoms with Crippen molar-refractivity contribution >= 4 is 17.3 Å². The Bertz CT molecular complexity index is 1070. The highest BCUT2D eigenvalue weighted by Gasteiger charge is 2.22. The van der Waals surface area contributed by atoms with Gasteiger partial charge in [0, 0.05) is 38.0 Å². The Morgan fingerprint density at radius 1 is 1.12 bits per heavy atom. The topological polar surface area (TPSA) is 97.6 Å². The number of rotatable bonds is 10. The number of benzene rings is 2. The summed E-state index contributed by atoms with van der Waals surface area (Å²) in [5, 5.41) is 14.6. The van der Waals surface area contributed by atoms with Crippen molar-refractivity contribution in [1.82, 2.24) is 9.88 Å². The van der Waals surface area contributed by atoms with Gasteiger partial charge in [0.25, 0.3) is 11.6 Å². The van der Waals surface area contributed by atoms with Crippen LogP contribution in [0.1, 0.15) is 27.2 Å². The SMILES string of the molecule is COCCNc1ccc(C(=O)N(Cc2cccc(C)c2)Cc2ccccn2)cc1[N+](=O)[O-]. The Morgan fingerprint density at radius 2 is 1.97 bits per heavy atom. The number of anilines is 1. The van der Waals surface area contributed by atoms with Crippen molar-refractivity contribution in [1.29, 1.82) is 0 Å². The van der Waals surface area contributed by atoms with E-state index in [0.29, 0.717) is 25.4 Å². The molecule has 0 bridgehead atoms. The van der Waals surface area contributed by atoms with Crippen molar-refractivity contribution in [2.24, 2.45) is 0 Å². The molecule has 8 nitrogen and oxygen atoms in total. The molecule has 0 aliphatic rings.